The summed E-state index contributed by atoms with van der Waals surface area (Å²) in [6.45, 7) is 2.20. The molecule has 0 saturated heterocycles. The van der Waals surface area contributed by atoms with Crippen LogP contribution in [0.2, 0.25) is 0 Å². The van der Waals surface area contributed by atoms with E-state index in [1.165, 1.54) is 26.4 Å². The van der Waals surface area contributed by atoms with Crippen molar-refractivity contribution >= 4 is 5.97 Å². The van der Waals surface area contributed by atoms with Crippen molar-refractivity contribution in [2.45, 2.75) is 70.8 Å². The molecule has 0 saturated carbocycles. The molecule has 0 rings (SSSR count). The molecular formula is C19H32O3. The SMILES string of the molecule is CCCCC/C=C\C=C\C(O)C/C=C\CCCC[14C](=O)OC. The number of allylic oxidation sites excluding steroid dienone is 4. The lowest BCUT2D eigenvalue weighted by atomic mass is 10.1. The van der Waals surface area contributed by atoms with E-state index < -0.39 is 6.10 Å². The highest BCUT2D eigenvalue weighted by Gasteiger charge is 1.98. The number of esters is 1. The molecule has 0 amide bonds. The zero-order valence-electron chi connectivity index (χ0n) is 14.2. The van der Waals surface area contributed by atoms with Crippen LogP contribution < -0.4 is 0 Å². The van der Waals surface area contributed by atoms with Gasteiger partial charge in [0, 0.05) is 6.42 Å². The molecular weight excluding hydrogens is 278 g/mol. The van der Waals surface area contributed by atoms with Gasteiger partial charge >= 0.3 is 5.97 Å². The Balaban J connectivity index is 3.56. The monoisotopic (exact) mass is 310 g/mol. The molecule has 0 aliphatic carbocycles. The molecule has 126 valence electrons. The average molecular weight is 310 g/mol. The summed E-state index contributed by atoms with van der Waals surface area (Å²) in [6, 6.07) is 0. The molecule has 0 bridgehead atoms. The van der Waals surface area contributed by atoms with Gasteiger partial charge in [0.05, 0.1) is 13.2 Å². The molecule has 1 atom stereocenters. The van der Waals surface area contributed by atoms with Crippen LogP contribution in [-0.2, 0) is 9.53 Å². The maximum absolute atomic E-state index is 10.9. The number of hydrogen-bond acceptors (Lipinski definition) is 3. The lowest BCUT2D eigenvalue weighted by Crippen LogP contribution is -1.99. The van der Waals surface area contributed by atoms with E-state index in [4.69, 9.17) is 0 Å². The third-order valence-corrected chi connectivity index (χ3v) is 3.33. The summed E-state index contributed by atoms with van der Waals surface area (Å²) in [5, 5.41) is 9.76. The minimum Gasteiger partial charge on any atom is -0.469 e. The van der Waals surface area contributed by atoms with Gasteiger partial charge in [-0.25, -0.2) is 0 Å². The predicted molar refractivity (Wildman–Crippen MR) is 92.7 cm³/mol. The lowest BCUT2D eigenvalue weighted by molar-refractivity contribution is -0.140. The number of carbonyl (C=O) groups is 1. The van der Waals surface area contributed by atoms with Crippen LogP contribution in [0.25, 0.3) is 0 Å². The quantitative estimate of drug-likeness (QED) is 0.232. The van der Waals surface area contributed by atoms with Gasteiger partial charge in [-0.3, -0.25) is 4.79 Å². The van der Waals surface area contributed by atoms with Crippen LogP contribution in [0.15, 0.2) is 36.5 Å². The topological polar surface area (TPSA) is 46.5 Å². The smallest absolute Gasteiger partial charge is 0.305 e. The average Bonchev–Trinajstić information content (AvgIpc) is 2.52. The Bertz CT molecular complexity index is 343. The first kappa shape index (κ1) is 20.6. The lowest BCUT2D eigenvalue weighted by Gasteiger charge is -2.00. The van der Waals surface area contributed by atoms with Gasteiger partial charge in [0.25, 0.3) is 0 Å². The molecule has 3 heteroatoms. The number of aliphatic hydroxyl groups is 1. The molecule has 0 heterocycles. The second-order valence-electron chi connectivity index (χ2n) is 5.41. The van der Waals surface area contributed by atoms with Crippen LogP contribution >= 0.6 is 0 Å². The highest BCUT2D eigenvalue weighted by atomic mass is 16.7. The van der Waals surface area contributed by atoms with E-state index in [-0.39, 0.29) is 5.97 Å². The molecule has 0 aliphatic heterocycles. The van der Waals surface area contributed by atoms with Gasteiger partial charge in [0.15, 0.2) is 0 Å². The number of hydrogen-bond donors (Lipinski definition) is 1. The Morgan fingerprint density at radius 1 is 1.05 bits per heavy atom. The van der Waals surface area contributed by atoms with Crippen LogP contribution in [0.4, 0.5) is 0 Å². The molecule has 0 aromatic rings. The molecule has 1 unspecified atom stereocenters. The number of rotatable bonds is 13. The maximum atomic E-state index is 10.9. The van der Waals surface area contributed by atoms with E-state index in [1.807, 2.05) is 24.3 Å². The van der Waals surface area contributed by atoms with E-state index in [0.717, 1.165) is 25.7 Å². The van der Waals surface area contributed by atoms with Gasteiger partial charge in [-0.05, 0) is 38.5 Å². The summed E-state index contributed by atoms with van der Waals surface area (Å²) in [4.78, 5) is 10.9. The van der Waals surface area contributed by atoms with Crippen LogP contribution in [0, 0.1) is 0 Å². The van der Waals surface area contributed by atoms with E-state index in [1.54, 1.807) is 0 Å². The molecule has 0 radical (unpaired) electrons. The van der Waals surface area contributed by atoms with Crippen molar-refractivity contribution in [1.82, 2.24) is 0 Å². The normalized spacial score (nSPS) is 13.4. The van der Waals surface area contributed by atoms with E-state index in [0.29, 0.717) is 12.8 Å². The first-order chi connectivity index (χ1) is 10.7. The van der Waals surface area contributed by atoms with Gasteiger partial charge < -0.3 is 9.84 Å². The first-order valence-corrected chi connectivity index (χ1v) is 8.44. The minimum atomic E-state index is -0.424. The third kappa shape index (κ3) is 15.0. The first-order valence-electron chi connectivity index (χ1n) is 8.44. The van der Waals surface area contributed by atoms with E-state index >= 15 is 0 Å². The molecule has 0 fully saturated rings. The summed E-state index contributed by atoms with van der Waals surface area (Å²) in [7, 11) is 1.41. The van der Waals surface area contributed by atoms with Gasteiger partial charge in [0.2, 0.25) is 0 Å². The van der Waals surface area contributed by atoms with Crippen molar-refractivity contribution in [2.24, 2.45) is 0 Å². The summed E-state index contributed by atoms with van der Waals surface area (Å²) in [5.74, 6) is -0.146. The largest absolute Gasteiger partial charge is 0.469 e. The number of carbonyl (C=O) groups excluding carboxylic acids is 1. The van der Waals surface area contributed by atoms with Crippen molar-refractivity contribution in [2.75, 3.05) is 7.11 Å². The highest BCUT2D eigenvalue weighted by molar-refractivity contribution is 5.68. The van der Waals surface area contributed by atoms with Gasteiger partial charge in [0.1, 0.15) is 0 Å². The summed E-state index contributed by atoms with van der Waals surface area (Å²) >= 11 is 0. The molecule has 0 aliphatic rings. The van der Waals surface area contributed by atoms with Crippen molar-refractivity contribution in [3.05, 3.63) is 36.5 Å². The fraction of sp³-hybridized carbons (Fsp3) is 0.632. The molecule has 22 heavy (non-hydrogen) atoms. The standard InChI is InChI=1S/C19H32O3/c1-3-4-5-6-7-9-12-15-18(20)16-13-10-8-11-14-17-19(21)22-2/h7,9-10,12-13,15,18,20H,3-6,8,11,14,16-17H2,1-2H3/b9-7-,13-10-,15-12+/i19+2. The Hall–Kier alpha value is -1.35. The molecule has 0 spiro atoms. The zero-order chi connectivity index (χ0) is 16.5. The molecule has 0 aromatic heterocycles. The van der Waals surface area contributed by atoms with Crippen LogP contribution in [-0.4, -0.2) is 24.3 Å². The fourth-order valence-corrected chi connectivity index (χ4v) is 1.95. The summed E-state index contributed by atoms with van der Waals surface area (Å²) in [6.07, 6.45) is 20.3. The third-order valence-electron chi connectivity index (χ3n) is 3.33. The number of methoxy groups -OCH3 is 1. The Morgan fingerprint density at radius 3 is 2.50 bits per heavy atom. The number of aliphatic hydroxyl groups excluding tert-OH is 1. The van der Waals surface area contributed by atoms with Gasteiger partial charge in [-0.1, -0.05) is 56.2 Å². The fourth-order valence-electron chi connectivity index (χ4n) is 1.95. The van der Waals surface area contributed by atoms with Crippen LogP contribution in [0.1, 0.15) is 64.7 Å². The summed E-state index contributed by atoms with van der Waals surface area (Å²) in [5.41, 5.74) is 0. The van der Waals surface area contributed by atoms with Crippen LogP contribution in [0.3, 0.4) is 0 Å². The van der Waals surface area contributed by atoms with Gasteiger partial charge in [-0.2, -0.15) is 0 Å². The maximum Gasteiger partial charge on any atom is 0.305 e. The second kappa shape index (κ2) is 16.0. The van der Waals surface area contributed by atoms with E-state index in [9.17, 15) is 9.90 Å². The predicted octanol–water partition coefficient (Wildman–Crippen LogP) is 4.72. The van der Waals surface area contributed by atoms with Crippen molar-refractivity contribution in [3.63, 3.8) is 0 Å². The molecule has 3 nitrogen and oxygen atoms in total. The van der Waals surface area contributed by atoms with Crippen molar-refractivity contribution < 1.29 is 14.6 Å². The Labute approximate surface area is 135 Å². The molecule has 0 aromatic carbocycles. The minimum absolute atomic E-state index is 0.146. The Morgan fingerprint density at radius 2 is 1.77 bits per heavy atom. The summed E-state index contributed by atoms with van der Waals surface area (Å²) < 4.78 is 4.58. The highest BCUT2D eigenvalue weighted by Crippen LogP contribution is 2.04. The number of unbranched alkanes of at least 4 members (excludes halogenated alkanes) is 5. The second-order valence-corrected chi connectivity index (χ2v) is 5.41. The Kier molecular flexibility index (Phi) is 15.0. The number of ether oxygens (including phenoxy) is 1. The van der Waals surface area contributed by atoms with Gasteiger partial charge in [-0.15, -0.1) is 0 Å². The zero-order valence-corrected chi connectivity index (χ0v) is 14.2. The van der Waals surface area contributed by atoms with Crippen molar-refractivity contribution in [3.8, 4) is 0 Å². The van der Waals surface area contributed by atoms with E-state index in [2.05, 4.69) is 23.8 Å². The van der Waals surface area contributed by atoms with Crippen molar-refractivity contribution in [1.29, 1.82) is 0 Å². The van der Waals surface area contributed by atoms with Crippen LogP contribution in [0.5, 0.6) is 0 Å². The molecule has 1 N–H and O–H groups in total.